The van der Waals surface area contributed by atoms with Crippen molar-refractivity contribution in [3.63, 3.8) is 0 Å². The molecular weight excluding hydrogens is 340 g/mol. The number of nitrogens with zero attached hydrogens (tertiary/aromatic N) is 2. The first-order valence-corrected chi connectivity index (χ1v) is 11.6. The summed E-state index contributed by atoms with van der Waals surface area (Å²) >= 11 is 0. The second kappa shape index (κ2) is 6.95. The SMILES string of the molecule is O=S(=O)(CCC1CC1)N1CCC[C@H](S(=O)(=O)N2CCOCC2)C1. The van der Waals surface area contributed by atoms with Gasteiger partial charge in [-0.25, -0.2) is 21.1 Å². The molecule has 0 spiro atoms. The highest BCUT2D eigenvalue weighted by Crippen LogP contribution is 2.33. The number of rotatable bonds is 6. The summed E-state index contributed by atoms with van der Waals surface area (Å²) in [6.07, 6.45) is 4.11. The Hall–Kier alpha value is -0.220. The molecule has 9 heteroatoms. The van der Waals surface area contributed by atoms with E-state index in [0.717, 1.165) is 12.8 Å². The van der Waals surface area contributed by atoms with Crippen molar-refractivity contribution in [3.05, 3.63) is 0 Å². The smallest absolute Gasteiger partial charge is 0.218 e. The van der Waals surface area contributed by atoms with Gasteiger partial charge in [0.25, 0.3) is 0 Å². The molecule has 0 aromatic heterocycles. The van der Waals surface area contributed by atoms with Gasteiger partial charge in [-0.05, 0) is 25.2 Å². The number of hydrogen-bond acceptors (Lipinski definition) is 5. The van der Waals surface area contributed by atoms with Gasteiger partial charge in [-0.3, -0.25) is 0 Å². The molecule has 2 heterocycles. The predicted molar refractivity (Wildman–Crippen MR) is 87.0 cm³/mol. The maximum Gasteiger partial charge on any atom is 0.218 e. The van der Waals surface area contributed by atoms with Crippen molar-refractivity contribution >= 4 is 20.0 Å². The van der Waals surface area contributed by atoms with Crippen molar-refractivity contribution in [1.82, 2.24) is 8.61 Å². The van der Waals surface area contributed by atoms with Crippen molar-refractivity contribution in [1.29, 1.82) is 0 Å². The third-order valence-corrected chi connectivity index (χ3v) is 9.15. The van der Waals surface area contributed by atoms with E-state index >= 15 is 0 Å². The van der Waals surface area contributed by atoms with E-state index in [2.05, 4.69) is 0 Å². The first kappa shape index (κ1) is 17.6. The molecule has 3 rings (SSSR count). The molecule has 0 radical (unpaired) electrons. The van der Waals surface area contributed by atoms with E-state index in [1.165, 1.54) is 8.61 Å². The van der Waals surface area contributed by atoms with Gasteiger partial charge in [0.05, 0.1) is 24.2 Å². The van der Waals surface area contributed by atoms with Crippen LogP contribution in [0.25, 0.3) is 0 Å². The molecule has 1 aliphatic carbocycles. The van der Waals surface area contributed by atoms with Gasteiger partial charge in [-0.1, -0.05) is 12.8 Å². The van der Waals surface area contributed by atoms with E-state index in [4.69, 9.17) is 4.74 Å². The highest BCUT2D eigenvalue weighted by atomic mass is 32.2. The lowest BCUT2D eigenvalue weighted by Gasteiger charge is -2.35. The van der Waals surface area contributed by atoms with E-state index in [9.17, 15) is 16.8 Å². The molecule has 3 aliphatic rings. The fraction of sp³-hybridized carbons (Fsp3) is 1.00. The van der Waals surface area contributed by atoms with Crippen molar-refractivity contribution in [2.24, 2.45) is 5.92 Å². The molecule has 1 saturated carbocycles. The van der Waals surface area contributed by atoms with Gasteiger partial charge < -0.3 is 4.74 Å². The topological polar surface area (TPSA) is 84.0 Å². The molecule has 0 amide bonds. The first-order valence-electron chi connectivity index (χ1n) is 8.44. The molecule has 2 saturated heterocycles. The second-order valence-corrected chi connectivity index (χ2v) is 11.0. The average Bonchev–Trinajstić information content (AvgIpc) is 3.38. The summed E-state index contributed by atoms with van der Waals surface area (Å²) in [5.41, 5.74) is 0. The van der Waals surface area contributed by atoms with Crippen LogP contribution in [0.5, 0.6) is 0 Å². The third-order valence-electron chi connectivity index (χ3n) is 4.97. The van der Waals surface area contributed by atoms with Crippen LogP contribution in [0.3, 0.4) is 0 Å². The highest BCUT2D eigenvalue weighted by molar-refractivity contribution is 7.90. The van der Waals surface area contributed by atoms with E-state index < -0.39 is 25.3 Å². The molecule has 0 N–H and O–H groups in total. The Morgan fingerprint density at radius 1 is 0.913 bits per heavy atom. The number of morpholine rings is 1. The molecule has 23 heavy (non-hydrogen) atoms. The van der Waals surface area contributed by atoms with Gasteiger partial charge in [0.1, 0.15) is 0 Å². The van der Waals surface area contributed by atoms with Crippen LogP contribution in [0, 0.1) is 5.92 Å². The Kier molecular flexibility index (Phi) is 5.32. The lowest BCUT2D eigenvalue weighted by Crippen LogP contribution is -2.52. The summed E-state index contributed by atoms with van der Waals surface area (Å²) < 4.78 is 58.5. The number of hydrogen-bond donors (Lipinski definition) is 0. The maximum atomic E-state index is 12.7. The van der Waals surface area contributed by atoms with Gasteiger partial charge >= 0.3 is 0 Å². The number of ether oxygens (including phenoxy) is 1. The Balaban J connectivity index is 1.64. The Morgan fingerprint density at radius 2 is 1.61 bits per heavy atom. The van der Waals surface area contributed by atoms with Gasteiger partial charge in [0, 0.05) is 26.2 Å². The quantitative estimate of drug-likeness (QED) is 0.672. The van der Waals surface area contributed by atoms with Crippen LogP contribution in [0.1, 0.15) is 32.1 Å². The van der Waals surface area contributed by atoms with Crippen LogP contribution < -0.4 is 0 Å². The summed E-state index contributed by atoms with van der Waals surface area (Å²) in [5, 5.41) is -0.620. The molecule has 1 atom stereocenters. The fourth-order valence-electron chi connectivity index (χ4n) is 3.26. The Labute approximate surface area is 139 Å². The molecule has 0 unspecified atom stereocenters. The zero-order chi connectivity index (χ0) is 16.5. The lowest BCUT2D eigenvalue weighted by molar-refractivity contribution is 0.0722. The summed E-state index contributed by atoms with van der Waals surface area (Å²) in [4.78, 5) is 0. The predicted octanol–water partition coefficient (Wildman–Crippen LogP) is 0.243. The van der Waals surface area contributed by atoms with Crippen LogP contribution in [0.4, 0.5) is 0 Å². The van der Waals surface area contributed by atoms with E-state index in [1.54, 1.807) is 0 Å². The molecule has 7 nitrogen and oxygen atoms in total. The zero-order valence-corrected chi connectivity index (χ0v) is 15.0. The van der Waals surface area contributed by atoms with E-state index in [0.29, 0.717) is 58.0 Å². The molecule has 0 aromatic rings. The summed E-state index contributed by atoms with van der Waals surface area (Å²) in [6.45, 7) is 2.11. The van der Waals surface area contributed by atoms with Gasteiger partial charge in [0.15, 0.2) is 0 Å². The van der Waals surface area contributed by atoms with Crippen LogP contribution in [0.2, 0.25) is 0 Å². The summed E-state index contributed by atoms with van der Waals surface area (Å²) in [7, 11) is -6.79. The second-order valence-electron chi connectivity index (χ2n) is 6.73. The third kappa shape index (κ3) is 4.25. The van der Waals surface area contributed by atoms with Crippen molar-refractivity contribution in [3.8, 4) is 0 Å². The molecular formula is C14H26N2O5S2. The minimum atomic E-state index is -3.45. The maximum absolute atomic E-state index is 12.7. The fourth-order valence-corrected chi connectivity index (χ4v) is 6.97. The van der Waals surface area contributed by atoms with Crippen molar-refractivity contribution in [2.45, 2.75) is 37.4 Å². The molecule has 3 fully saturated rings. The largest absolute Gasteiger partial charge is 0.379 e. The summed E-state index contributed by atoms with van der Waals surface area (Å²) in [6, 6.07) is 0. The normalized spacial score (nSPS) is 28.8. The summed E-state index contributed by atoms with van der Waals surface area (Å²) in [5.74, 6) is 0.713. The van der Waals surface area contributed by atoms with Gasteiger partial charge in [-0.15, -0.1) is 0 Å². The van der Waals surface area contributed by atoms with Gasteiger partial charge in [0.2, 0.25) is 20.0 Å². The minimum Gasteiger partial charge on any atom is -0.379 e. The number of sulfonamides is 2. The average molecular weight is 367 g/mol. The molecule has 134 valence electrons. The van der Waals surface area contributed by atoms with Crippen LogP contribution in [-0.2, 0) is 24.8 Å². The van der Waals surface area contributed by atoms with Crippen LogP contribution in [-0.4, -0.2) is 75.8 Å². The zero-order valence-electron chi connectivity index (χ0n) is 13.4. The molecule has 0 bridgehead atoms. The highest BCUT2D eigenvalue weighted by Gasteiger charge is 2.39. The monoisotopic (exact) mass is 366 g/mol. The molecule has 0 aromatic carbocycles. The lowest BCUT2D eigenvalue weighted by atomic mass is 10.2. The van der Waals surface area contributed by atoms with E-state index in [-0.39, 0.29) is 12.3 Å². The molecule has 2 aliphatic heterocycles. The van der Waals surface area contributed by atoms with Crippen molar-refractivity contribution < 1.29 is 21.6 Å². The minimum absolute atomic E-state index is 0.104. The van der Waals surface area contributed by atoms with E-state index in [1.807, 2.05) is 0 Å². The number of piperidine rings is 1. The van der Waals surface area contributed by atoms with Crippen LogP contribution >= 0.6 is 0 Å². The van der Waals surface area contributed by atoms with Crippen molar-refractivity contribution in [2.75, 3.05) is 45.1 Å². The standard InChI is InChI=1S/C14H26N2O5S2/c17-22(18,11-5-13-3-4-13)16-6-1-2-14(12-16)23(19,20)15-7-9-21-10-8-15/h13-14H,1-12H2/t14-/m0/s1. The van der Waals surface area contributed by atoms with Gasteiger partial charge in [-0.2, -0.15) is 4.31 Å². The Morgan fingerprint density at radius 3 is 2.26 bits per heavy atom. The van der Waals surface area contributed by atoms with Crippen LogP contribution in [0.15, 0.2) is 0 Å². The first-order chi connectivity index (χ1) is 10.9. The Bertz CT molecular complexity index is 609.